The molecule has 0 saturated carbocycles. The number of nitrogens with one attached hydrogen (secondary N) is 1. The Morgan fingerprint density at radius 2 is 2.05 bits per heavy atom. The van der Waals surface area contributed by atoms with Gasteiger partial charge in [-0.15, -0.1) is 11.3 Å². The van der Waals surface area contributed by atoms with Crippen molar-refractivity contribution in [3.63, 3.8) is 0 Å². The Kier molecular flexibility index (Phi) is 5.36. The zero-order valence-corrected chi connectivity index (χ0v) is 12.2. The summed E-state index contributed by atoms with van der Waals surface area (Å²) in [6.45, 7) is 5.73. The first-order chi connectivity index (χ1) is 9.33. The van der Waals surface area contributed by atoms with Gasteiger partial charge in [-0.05, 0) is 31.0 Å². The van der Waals surface area contributed by atoms with Gasteiger partial charge in [-0.25, -0.2) is 4.98 Å². The maximum Gasteiger partial charge on any atom is 0.119 e. The van der Waals surface area contributed by atoms with Crippen LogP contribution in [-0.2, 0) is 6.54 Å². The molecule has 19 heavy (non-hydrogen) atoms. The average Bonchev–Trinajstić information content (AvgIpc) is 2.96. The van der Waals surface area contributed by atoms with E-state index >= 15 is 0 Å². The van der Waals surface area contributed by atoms with E-state index < -0.39 is 0 Å². The molecule has 1 heterocycles. The minimum Gasteiger partial charge on any atom is -0.494 e. The number of aromatic nitrogens is 1. The highest BCUT2D eigenvalue weighted by molar-refractivity contribution is 7.09. The number of hydrogen-bond donors (Lipinski definition) is 1. The summed E-state index contributed by atoms with van der Waals surface area (Å²) in [6, 6.07) is 8.58. The predicted octanol–water partition coefficient (Wildman–Crippen LogP) is 3.78. The number of ether oxygens (including phenoxy) is 1. The molecule has 102 valence electrons. The highest BCUT2D eigenvalue weighted by atomic mass is 32.1. The largest absolute Gasteiger partial charge is 0.494 e. The van der Waals surface area contributed by atoms with Crippen LogP contribution in [-0.4, -0.2) is 11.6 Å². The molecule has 0 aliphatic heterocycles. The Bertz CT molecular complexity index is 467. The fourth-order valence-electron chi connectivity index (χ4n) is 1.92. The summed E-state index contributed by atoms with van der Waals surface area (Å²) in [6.07, 6.45) is 2.91. The van der Waals surface area contributed by atoms with E-state index in [4.69, 9.17) is 4.74 Å². The number of nitrogens with zero attached hydrogens (tertiary/aromatic N) is 1. The van der Waals surface area contributed by atoms with Crippen LogP contribution >= 0.6 is 11.3 Å². The van der Waals surface area contributed by atoms with Gasteiger partial charge in [-0.1, -0.05) is 19.1 Å². The first-order valence-electron chi connectivity index (χ1n) is 6.68. The lowest BCUT2D eigenvalue weighted by Crippen LogP contribution is -2.20. The van der Waals surface area contributed by atoms with Crippen LogP contribution < -0.4 is 10.1 Å². The van der Waals surface area contributed by atoms with Crippen LogP contribution in [0.4, 0.5) is 0 Å². The molecule has 3 nitrogen and oxygen atoms in total. The van der Waals surface area contributed by atoms with Crippen molar-refractivity contribution < 1.29 is 4.74 Å². The molecule has 0 radical (unpaired) electrons. The third-order valence-corrected chi connectivity index (χ3v) is 3.83. The molecular formula is C15H20N2OS. The number of thiazole rings is 1. The van der Waals surface area contributed by atoms with Gasteiger partial charge >= 0.3 is 0 Å². The van der Waals surface area contributed by atoms with E-state index in [9.17, 15) is 0 Å². The second-order valence-corrected chi connectivity index (χ2v) is 5.22. The third-order valence-electron chi connectivity index (χ3n) is 2.94. The molecule has 2 rings (SSSR count). The minimum absolute atomic E-state index is 0.339. The van der Waals surface area contributed by atoms with Crippen LogP contribution in [0.2, 0.25) is 0 Å². The zero-order chi connectivity index (χ0) is 13.5. The SMILES string of the molecule is CCOc1ccc(CNC(CC)c2nccs2)cc1. The molecule has 0 fully saturated rings. The lowest BCUT2D eigenvalue weighted by atomic mass is 10.2. The standard InChI is InChI=1S/C15H20N2OS/c1-3-14(15-16-9-10-19-15)17-11-12-5-7-13(8-6-12)18-4-2/h5-10,14,17H,3-4,11H2,1-2H3. The number of hydrogen-bond acceptors (Lipinski definition) is 4. The van der Waals surface area contributed by atoms with E-state index in [1.165, 1.54) is 5.56 Å². The normalized spacial score (nSPS) is 12.3. The molecule has 0 aliphatic carbocycles. The zero-order valence-electron chi connectivity index (χ0n) is 11.4. The van der Waals surface area contributed by atoms with Crippen LogP contribution in [0.3, 0.4) is 0 Å². The Labute approximate surface area is 118 Å². The summed E-state index contributed by atoms with van der Waals surface area (Å²) in [7, 11) is 0. The van der Waals surface area contributed by atoms with Crippen LogP contribution in [0.1, 0.15) is 36.9 Å². The predicted molar refractivity (Wildman–Crippen MR) is 79.6 cm³/mol. The lowest BCUT2D eigenvalue weighted by Gasteiger charge is -2.14. The maximum absolute atomic E-state index is 5.44. The van der Waals surface area contributed by atoms with Crippen molar-refractivity contribution in [3.8, 4) is 5.75 Å². The molecule has 0 aliphatic rings. The van der Waals surface area contributed by atoms with Crippen LogP contribution in [0.25, 0.3) is 0 Å². The van der Waals surface area contributed by atoms with Crippen LogP contribution in [0.15, 0.2) is 35.8 Å². The lowest BCUT2D eigenvalue weighted by molar-refractivity contribution is 0.340. The number of rotatable bonds is 7. The van der Waals surface area contributed by atoms with Crippen molar-refractivity contribution in [2.45, 2.75) is 32.9 Å². The Hall–Kier alpha value is -1.39. The molecule has 0 saturated heterocycles. The van der Waals surface area contributed by atoms with Crippen LogP contribution in [0.5, 0.6) is 5.75 Å². The van der Waals surface area contributed by atoms with Crippen molar-refractivity contribution in [3.05, 3.63) is 46.4 Å². The van der Waals surface area contributed by atoms with Gasteiger partial charge in [0, 0.05) is 18.1 Å². The highest BCUT2D eigenvalue weighted by Crippen LogP contribution is 2.19. The van der Waals surface area contributed by atoms with Crippen molar-refractivity contribution in [2.24, 2.45) is 0 Å². The van der Waals surface area contributed by atoms with Gasteiger partial charge in [0.2, 0.25) is 0 Å². The Morgan fingerprint density at radius 3 is 2.63 bits per heavy atom. The maximum atomic E-state index is 5.44. The fraction of sp³-hybridized carbons (Fsp3) is 0.400. The summed E-state index contributed by atoms with van der Waals surface area (Å²) in [5.74, 6) is 0.929. The Morgan fingerprint density at radius 1 is 1.26 bits per heavy atom. The molecule has 1 atom stereocenters. The molecule has 0 amide bonds. The van der Waals surface area contributed by atoms with E-state index in [-0.39, 0.29) is 0 Å². The van der Waals surface area contributed by atoms with Gasteiger partial charge in [0.05, 0.1) is 12.6 Å². The topological polar surface area (TPSA) is 34.1 Å². The van der Waals surface area contributed by atoms with Gasteiger partial charge in [-0.2, -0.15) is 0 Å². The highest BCUT2D eigenvalue weighted by Gasteiger charge is 2.10. The molecule has 0 spiro atoms. The minimum atomic E-state index is 0.339. The first-order valence-corrected chi connectivity index (χ1v) is 7.56. The van der Waals surface area contributed by atoms with Crippen LogP contribution in [0, 0.1) is 0 Å². The smallest absolute Gasteiger partial charge is 0.119 e. The molecule has 4 heteroatoms. The summed E-state index contributed by atoms with van der Waals surface area (Å²) < 4.78 is 5.44. The third kappa shape index (κ3) is 4.04. The van der Waals surface area contributed by atoms with Crippen molar-refractivity contribution in [1.82, 2.24) is 10.3 Å². The first kappa shape index (κ1) is 14.0. The summed E-state index contributed by atoms with van der Waals surface area (Å²) in [5.41, 5.74) is 1.26. The molecule has 1 aromatic heterocycles. The van der Waals surface area contributed by atoms with Gasteiger partial charge in [0.1, 0.15) is 10.8 Å². The summed E-state index contributed by atoms with van der Waals surface area (Å²) in [5, 5.41) is 6.73. The van der Waals surface area contributed by atoms with Crippen molar-refractivity contribution in [1.29, 1.82) is 0 Å². The summed E-state index contributed by atoms with van der Waals surface area (Å²) in [4.78, 5) is 4.37. The van der Waals surface area contributed by atoms with E-state index in [1.807, 2.05) is 30.6 Å². The van der Waals surface area contributed by atoms with E-state index in [2.05, 4.69) is 29.4 Å². The quantitative estimate of drug-likeness (QED) is 0.835. The van der Waals surface area contributed by atoms with Crippen molar-refractivity contribution >= 4 is 11.3 Å². The van der Waals surface area contributed by atoms with Gasteiger partial charge in [0.15, 0.2) is 0 Å². The molecular weight excluding hydrogens is 256 g/mol. The number of benzene rings is 1. The Balaban J connectivity index is 1.90. The van der Waals surface area contributed by atoms with Gasteiger partial charge in [0.25, 0.3) is 0 Å². The van der Waals surface area contributed by atoms with Gasteiger partial charge in [-0.3, -0.25) is 0 Å². The summed E-state index contributed by atoms with van der Waals surface area (Å²) >= 11 is 1.71. The fourth-order valence-corrected chi connectivity index (χ4v) is 2.72. The average molecular weight is 276 g/mol. The second kappa shape index (κ2) is 7.26. The van der Waals surface area contributed by atoms with E-state index in [0.29, 0.717) is 12.6 Å². The molecule has 1 unspecified atom stereocenters. The van der Waals surface area contributed by atoms with Crippen molar-refractivity contribution in [2.75, 3.05) is 6.61 Å². The van der Waals surface area contributed by atoms with E-state index in [1.54, 1.807) is 11.3 Å². The monoisotopic (exact) mass is 276 g/mol. The van der Waals surface area contributed by atoms with Gasteiger partial charge < -0.3 is 10.1 Å². The molecule has 2 aromatic rings. The molecule has 1 aromatic carbocycles. The second-order valence-electron chi connectivity index (χ2n) is 4.29. The molecule has 1 N–H and O–H groups in total. The van der Waals surface area contributed by atoms with E-state index in [0.717, 1.165) is 23.7 Å². The molecule has 0 bridgehead atoms.